The van der Waals surface area contributed by atoms with Gasteiger partial charge in [0, 0.05) is 12.8 Å². The predicted octanol–water partition coefficient (Wildman–Crippen LogP) is 1.69. The number of nitrogens with zero attached hydrogens (tertiary/aromatic N) is 2. The van der Waals surface area contributed by atoms with E-state index in [2.05, 4.69) is 16.0 Å². The van der Waals surface area contributed by atoms with Gasteiger partial charge in [-0.2, -0.15) is 5.10 Å². The van der Waals surface area contributed by atoms with Crippen LogP contribution in [0.5, 0.6) is 0 Å². The molecule has 122 valence electrons. The molecule has 0 saturated heterocycles. The fourth-order valence-corrected chi connectivity index (χ4v) is 2.76. The third kappa shape index (κ3) is 3.49. The van der Waals surface area contributed by atoms with Crippen molar-refractivity contribution >= 4 is 40.5 Å². The number of hydrazone groups is 1. The summed E-state index contributed by atoms with van der Waals surface area (Å²) in [7, 11) is 0. The number of para-hydroxylation sites is 1. The molecule has 2 N–H and O–H groups in total. The number of hydrazine groups is 1. The average Bonchev–Trinajstić information content (AvgIpc) is 3.15. The van der Waals surface area contributed by atoms with E-state index in [9.17, 15) is 14.4 Å². The molecule has 0 unspecified atom stereocenters. The van der Waals surface area contributed by atoms with E-state index in [1.165, 1.54) is 16.3 Å². The van der Waals surface area contributed by atoms with E-state index in [-0.39, 0.29) is 24.5 Å². The predicted molar refractivity (Wildman–Crippen MR) is 90.5 cm³/mol. The molecule has 1 aromatic heterocycles. The van der Waals surface area contributed by atoms with Crippen LogP contribution in [0.1, 0.15) is 22.5 Å². The zero-order chi connectivity index (χ0) is 16.9. The number of nitrogens with one attached hydrogen (secondary N) is 2. The number of carbonyl (C=O) groups excluding carboxylic acids is 3. The van der Waals surface area contributed by atoms with Gasteiger partial charge in [0.1, 0.15) is 5.71 Å². The molecule has 1 aliphatic heterocycles. The minimum absolute atomic E-state index is 0.180. The fourth-order valence-electron chi connectivity index (χ4n) is 2.14. The number of carbonyl (C=O) groups is 3. The first-order chi connectivity index (χ1) is 11.6. The molecule has 0 atom stereocenters. The second kappa shape index (κ2) is 7.05. The fraction of sp³-hybridized carbons (Fsp3) is 0.125. The van der Waals surface area contributed by atoms with Crippen molar-refractivity contribution in [3.63, 3.8) is 0 Å². The molecule has 7 nitrogen and oxygen atoms in total. The van der Waals surface area contributed by atoms with Gasteiger partial charge in [0.2, 0.25) is 5.91 Å². The molecule has 0 fully saturated rings. The molecule has 0 spiro atoms. The first-order valence-electron chi connectivity index (χ1n) is 7.25. The Labute approximate surface area is 141 Å². The highest BCUT2D eigenvalue weighted by Crippen LogP contribution is 2.19. The normalized spacial score (nSPS) is 14.1. The SMILES string of the molecule is O=C(NNC(=O)c1cccs1)C1=NN(c2ccccc2)C(=O)CC1. The van der Waals surface area contributed by atoms with Gasteiger partial charge in [-0.3, -0.25) is 25.2 Å². The van der Waals surface area contributed by atoms with E-state index >= 15 is 0 Å². The lowest BCUT2D eigenvalue weighted by molar-refractivity contribution is -0.119. The number of hydrogen-bond acceptors (Lipinski definition) is 5. The second-order valence-corrected chi connectivity index (χ2v) is 5.92. The lowest BCUT2D eigenvalue weighted by atomic mass is 10.1. The number of anilines is 1. The van der Waals surface area contributed by atoms with Crippen LogP contribution in [0.25, 0.3) is 0 Å². The smallest absolute Gasteiger partial charge is 0.273 e. The molecule has 1 aromatic carbocycles. The van der Waals surface area contributed by atoms with Crippen LogP contribution in [0.15, 0.2) is 52.9 Å². The Balaban J connectivity index is 1.68. The van der Waals surface area contributed by atoms with Crippen LogP contribution in [0.4, 0.5) is 5.69 Å². The zero-order valence-electron chi connectivity index (χ0n) is 12.6. The lowest BCUT2D eigenvalue weighted by Gasteiger charge is -2.23. The van der Waals surface area contributed by atoms with Gasteiger partial charge >= 0.3 is 0 Å². The molecule has 3 rings (SSSR count). The summed E-state index contributed by atoms with van der Waals surface area (Å²) in [6.07, 6.45) is 0.406. The maximum atomic E-state index is 12.2. The van der Waals surface area contributed by atoms with E-state index in [1.54, 1.807) is 41.8 Å². The molecular weight excluding hydrogens is 328 g/mol. The Morgan fingerprint density at radius 2 is 1.75 bits per heavy atom. The number of benzene rings is 1. The Morgan fingerprint density at radius 1 is 1.00 bits per heavy atom. The Morgan fingerprint density at radius 3 is 2.46 bits per heavy atom. The largest absolute Gasteiger partial charge is 0.285 e. The maximum Gasteiger partial charge on any atom is 0.285 e. The van der Waals surface area contributed by atoms with Crippen LogP contribution in [0, 0.1) is 0 Å². The Bertz CT molecular complexity index is 787. The van der Waals surface area contributed by atoms with E-state index in [0.29, 0.717) is 10.6 Å². The van der Waals surface area contributed by atoms with Crippen LogP contribution >= 0.6 is 11.3 Å². The second-order valence-electron chi connectivity index (χ2n) is 4.97. The van der Waals surface area contributed by atoms with Gasteiger partial charge in [0.05, 0.1) is 10.6 Å². The molecule has 1 aliphatic rings. The summed E-state index contributed by atoms with van der Waals surface area (Å²) >= 11 is 1.27. The van der Waals surface area contributed by atoms with Crippen molar-refractivity contribution in [2.45, 2.75) is 12.8 Å². The van der Waals surface area contributed by atoms with Crippen LogP contribution in [0.2, 0.25) is 0 Å². The van der Waals surface area contributed by atoms with Crippen molar-refractivity contribution in [3.8, 4) is 0 Å². The first kappa shape index (κ1) is 15.9. The number of amides is 3. The van der Waals surface area contributed by atoms with Crippen LogP contribution in [-0.4, -0.2) is 23.4 Å². The van der Waals surface area contributed by atoms with Crippen LogP contribution in [0.3, 0.4) is 0 Å². The minimum Gasteiger partial charge on any atom is -0.273 e. The van der Waals surface area contributed by atoms with Gasteiger partial charge in [0.15, 0.2) is 0 Å². The van der Waals surface area contributed by atoms with Crippen LogP contribution in [-0.2, 0) is 9.59 Å². The summed E-state index contributed by atoms with van der Waals surface area (Å²) in [6.45, 7) is 0. The highest BCUT2D eigenvalue weighted by atomic mass is 32.1. The van der Waals surface area contributed by atoms with Gasteiger partial charge in [-0.1, -0.05) is 24.3 Å². The maximum absolute atomic E-state index is 12.2. The zero-order valence-corrected chi connectivity index (χ0v) is 13.4. The van der Waals surface area contributed by atoms with Gasteiger partial charge in [0.25, 0.3) is 11.8 Å². The summed E-state index contributed by atoms with van der Waals surface area (Å²) < 4.78 is 0. The number of hydrogen-bond donors (Lipinski definition) is 2. The number of rotatable bonds is 3. The molecule has 0 saturated carbocycles. The minimum atomic E-state index is -0.534. The van der Waals surface area contributed by atoms with Crippen molar-refractivity contribution < 1.29 is 14.4 Å². The topological polar surface area (TPSA) is 90.9 Å². The summed E-state index contributed by atoms with van der Waals surface area (Å²) in [4.78, 5) is 36.5. The Hall–Kier alpha value is -3.00. The van der Waals surface area contributed by atoms with Crippen molar-refractivity contribution in [2.75, 3.05) is 5.01 Å². The highest BCUT2D eigenvalue weighted by Gasteiger charge is 2.25. The quantitative estimate of drug-likeness (QED) is 0.832. The van der Waals surface area contributed by atoms with E-state index in [1.807, 2.05) is 6.07 Å². The first-order valence-corrected chi connectivity index (χ1v) is 8.13. The summed E-state index contributed by atoms with van der Waals surface area (Å²) in [5.74, 6) is -1.11. The Kier molecular flexibility index (Phi) is 4.66. The molecular formula is C16H14N4O3S. The highest BCUT2D eigenvalue weighted by molar-refractivity contribution is 7.12. The van der Waals surface area contributed by atoms with Gasteiger partial charge < -0.3 is 0 Å². The molecule has 8 heteroatoms. The molecule has 24 heavy (non-hydrogen) atoms. The van der Waals surface area contributed by atoms with Gasteiger partial charge in [-0.15, -0.1) is 11.3 Å². The molecule has 0 bridgehead atoms. The number of thiophene rings is 1. The monoisotopic (exact) mass is 342 g/mol. The van der Waals surface area contributed by atoms with E-state index < -0.39 is 11.8 Å². The summed E-state index contributed by atoms with van der Waals surface area (Å²) in [5, 5.41) is 7.09. The van der Waals surface area contributed by atoms with E-state index in [4.69, 9.17) is 0 Å². The van der Waals surface area contributed by atoms with Crippen LogP contribution < -0.4 is 15.9 Å². The molecule has 2 heterocycles. The van der Waals surface area contributed by atoms with Gasteiger partial charge in [-0.05, 0) is 23.6 Å². The van der Waals surface area contributed by atoms with Crippen molar-refractivity contribution in [1.29, 1.82) is 0 Å². The summed E-state index contributed by atoms with van der Waals surface area (Å²) in [6, 6.07) is 12.3. The van der Waals surface area contributed by atoms with Crippen molar-refractivity contribution in [2.24, 2.45) is 5.10 Å². The standard InChI is InChI=1S/C16H14N4O3S/c21-14-9-8-12(19-20(14)11-5-2-1-3-6-11)15(22)17-18-16(23)13-7-4-10-24-13/h1-7,10H,8-9H2,(H,17,22)(H,18,23). The third-order valence-corrected chi connectivity index (χ3v) is 4.20. The van der Waals surface area contributed by atoms with E-state index in [0.717, 1.165) is 0 Å². The molecule has 3 amide bonds. The third-order valence-electron chi connectivity index (χ3n) is 3.33. The van der Waals surface area contributed by atoms with Crippen molar-refractivity contribution in [3.05, 3.63) is 52.7 Å². The molecule has 0 radical (unpaired) electrons. The molecule has 0 aliphatic carbocycles. The van der Waals surface area contributed by atoms with Crippen molar-refractivity contribution in [1.82, 2.24) is 10.9 Å². The lowest BCUT2D eigenvalue weighted by Crippen LogP contribution is -2.46. The molecule has 2 aromatic rings. The average molecular weight is 342 g/mol. The summed E-state index contributed by atoms with van der Waals surface area (Å²) in [5.41, 5.74) is 5.44. The van der Waals surface area contributed by atoms with Gasteiger partial charge in [-0.25, -0.2) is 5.01 Å².